The Balaban J connectivity index is 1.33. The van der Waals surface area contributed by atoms with E-state index in [-0.39, 0.29) is 29.1 Å². The number of benzene rings is 1. The van der Waals surface area contributed by atoms with Crippen molar-refractivity contribution < 1.29 is 19.1 Å². The molecule has 210 valence electrons. The third kappa shape index (κ3) is 3.80. The second kappa shape index (κ2) is 9.29. The molecular formula is C33H44N2O4. The summed E-state index contributed by atoms with van der Waals surface area (Å²) in [5.74, 6) is 1.81. The zero-order chi connectivity index (χ0) is 27.9. The predicted octanol–water partition coefficient (Wildman–Crippen LogP) is 5.93. The first-order valence-corrected chi connectivity index (χ1v) is 15.0. The van der Waals surface area contributed by atoms with Crippen LogP contribution in [0.4, 0.5) is 0 Å². The van der Waals surface area contributed by atoms with E-state index in [1.165, 1.54) is 37.5 Å². The lowest BCUT2D eigenvalue weighted by Gasteiger charge is -2.61. The zero-order valence-corrected chi connectivity index (χ0v) is 24.4. The van der Waals surface area contributed by atoms with Crippen molar-refractivity contribution in [1.82, 2.24) is 9.80 Å². The Morgan fingerprint density at radius 2 is 1.56 bits per heavy atom. The summed E-state index contributed by atoms with van der Waals surface area (Å²) in [7, 11) is 4.43. The maximum absolute atomic E-state index is 13.4. The van der Waals surface area contributed by atoms with Crippen LogP contribution in [0, 0.1) is 40.4 Å². The molecular weight excluding hydrogens is 488 g/mol. The lowest BCUT2D eigenvalue weighted by Crippen LogP contribution is -2.58. The number of ether oxygens (including phenoxy) is 1. The van der Waals surface area contributed by atoms with Gasteiger partial charge in [-0.25, -0.2) is 4.90 Å². The van der Waals surface area contributed by atoms with Gasteiger partial charge in [0.05, 0.1) is 16.8 Å². The first kappa shape index (κ1) is 26.7. The minimum absolute atomic E-state index is 0.0300. The number of carbonyl (C=O) groups is 3. The molecule has 0 aromatic heterocycles. The van der Waals surface area contributed by atoms with Crippen LogP contribution < -0.4 is 0 Å². The number of carbonyl (C=O) groups excluding carboxylic acids is 3. The van der Waals surface area contributed by atoms with E-state index in [4.69, 9.17) is 4.74 Å². The molecule has 1 aliphatic heterocycles. The Morgan fingerprint density at radius 3 is 2.18 bits per heavy atom. The quantitative estimate of drug-likeness (QED) is 0.355. The van der Waals surface area contributed by atoms with Gasteiger partial charge in [-0.3, -0.25) is 14.4 Å². The van der Waals surface area contributed by atoms with Gasteiger partial charge in [-0.2, -0.15) is 0 Å². The van der Waals surface area contributed by atoms with Gasteiger partial charge >= 0.3 is 5.97 Å². The summed E-state index contributed by atoms with van der Waals surface area (Å²) in [6.07, 6.45) is 9.43. The van der Waals surface area contributed by atoms with Gasteiger partial charge in [0.25, 0.3) is 11.8 Å². The Kier molecular flexibility index (Phi) is 6.37. The number of fused-ring (bicyclic) bond motifs is 6. The molecule has 3 saturated carbocycles. The third-order valence-electron chi connectivity index (χ3n) is 12.2. The molecule has 1 aromatic carbocycles. The molecule has 6 rings (SSSR count). The summed E-state index contributed by atoms with van der Waals surface area (Å²) in [4.78, 5) is 43.0. The molecule has 5 aliphatic rings. The smallest absolute Gasteiger partial charge is 0.303 e. The van der Waals surface area contributed by atoms with Crippen LogP contribution in [0.2, 0.25) is 0 Å². The van der Waals surface area contributed by atoms with Gasteiger partial charge in [0, 0.05) is 18.9 Å². The molecule has 0 saturated heterocycles. The molecule has 1 aromatic rings. The average Bonchev–Trinajstić information content (AvgIpc) is 3.37. The standard InChI is InChI=1S/C33H44N2O4/c1-19(34(5)6)24-13-14-25-23-11-12-27-29(39-20(2)36)28(16-18-33(27,4)26(23)15-17-32(24,25)3)35-30(37)21-9-7-8-10-22(21)31(35)38/h7-10,16,19,23-27,29H,11-15,17-18H2,1-6H3/t19-,23-,24+,25-,26-,27-,29+,32+,33+/m0/s1. The molecule has 0 spiro atoms. The molecule has 2 amide bonds. The fourth-order valence-corrected chi connectivity index (χ4v) is 10.1. The lowest BCUT2D eigenvalue weighted by molar-refractivity contribution is -0.163. The number of imide groups is 1. The van der Waals surface area contributed by atoms with Crippen LogP contribution in [0.3, 0.4) is 0 Å². The van der Waals surface area contributed by atoms with Gasteiger partial charge in [-0.05, 0) is 113 Å². The maximum Gasteiger partial charge on any atom is 0.303 e. The van der Waals surface area contributed by atoms with Crippen molar-refractivity contribution in [2.45, 2.75) is 84.8 Å². The fourth-order valence-electron chi connectivity index (χ4n) is 10.1. The Morgan fingerprint density at radius 1 is 0.949 bits per heavy atom. The molecule has 0 bridgehead atoms. The van der Waals surface area contributed by atoms with E-state index >= 15 is 0 Å². The second-order valence-electron chi connectivity index (χ2n) is 13.9. The van der Waals surface area contributed by atoms with Crippen LogP contribution >= 0.6 is 0 Å². The summed E-state index contributed by atoms with van der Waals surface area (Å²) in [5.41, 5.74) is 1.77. The van der Waals surface area contributed by atoms with Gasteiger partial charge in [0.15, 0.2) is 0 Å². The second-order valence-corrected chi connectivity index (χ2v) is 13.9. The van der Waals surface area contributed by atoms with Crippen molar-refractivity contribution in [3.63, 3.8) is 0 Å². The highest BCUT2D eigenvalue weighted by molar-refractivity contribution is 6.22. The average molecular weight is 533 g/mol. The number of rotatable bonds is 4. The first-order chi connectivity index (χ1) is 18.5. The number of hydrogen-bond acceptors (Lipinski definition) is 5. The van der Waals surface area contributed by atoms with Crippen LogP contribution in [0.5, 0.6) is 0 Å². The van der Waals surface area contributed by atoms with Crippen molar-refractivity contribution in [2.24, 2.45) is 40.4 Å². The van der Waals surface area contributed by atoms with Crippen LogP contribution in [-0.2, 0) is 9.53 Å². The number of allylic oxidation sites excluding steroid dienone is 1. The van der Waals surface area contributed by atoms with E-state index in [0.717, 1.165) is 31.1 Å². The van der Waals surface area contributed by atoms with Crippen molar-refractivity contribution in [3.8, 4) is 0 Å². The number of hydrogen-bond donors (Lipinski definition) is 0. The Hall–Kier alpha value is -2.47. The van der Waals surface area contributed by atoms with Gasteiger partial charge < -0.3 is 9.64 Å². The summed E-state index contributed by atoms with van der Waals surface area (Å²) in [6, 6.07) is 7.57. The number of amides is 2. The topological polar surface area (TPSA) is 66.9 Å². The Bertz CT molecular complexity index is 1200. The monoisotopic (exact) mass is 532 g/mol. The largest absolute Gasteiger partial charge is 0.456 e. The molecule has 4 aliphatic carbocycles. The van der Waals surface area contributed by atoms with E-state index < -0.39 is 6.10 Å². The van der Waals surface area contributed by atoms with Gasteiger partial charge in [0.1, 0.15) is 6.10 Å². The molecule has 6 heteroatoms. The van der Waals surface area contributed by atoms with E-state index in [9.17, 15) is 14.4 Å². The molecule has 0 N–H and O–H groups in total. The molecule has 6 nitrogen and oxygen atoms in total. The predicted molar refractivity (Wildman–Crippen MR) is 150 cm³/mol. The van der Waals surface area contributed by atoms with Crippen molar-refractivity contribution in [1.29, 1.82) is 0 Å². The van der Waals surface area contributed by atoms with E-state index in [1.54, 1.807) is 24.3 Å². The number of esters is 1. The Labute approximate surface area is 233 Å². The molecule has 1 heterocycles. The van der Waals surface area contributed by atoms with Crippen LogP contribution in [0.15, 0.2) is 36.0 Å². The zero-order valence-electron chi connectivity index (χ0n) is 24.4. The van der Waals surface area contributed by atoms with E-state index in [1.807, 2.05) is 0 Å². The molecule has 3 fully saturated rings. The van der Waals surface area contributed by atoms with Gasteiger partial charge in [-0.15, -0.1) is 0 Å². The summed E-state index contributed by atoms with van der Waals surface area (Å²) >= 11 is 0. The fraction of sp³-hybridized carbons (Fsp3) is 0.667. The van der Waals surface area contributed by atoms with Gasteiger partial charge in [0.2, 0.25) is 0 Å². The lowest BCUT2D eigenvalue weighted by atomic mass is 9.44. The van der Waals surface area contributed by atoms with Crippen LogP contribution in [0.25, 0.3) is 0 Å². The van der Waals surface area contributed by atoms with Gasteiger partial charge in [-0.1, -0.05) is 32.1 Å². The molecule has 39 heavy (non-hydrogen) atoms. The van der Waals surface area contributed by atoms with Crippen LogP contribution in [-0.4, -0.2) is 53.8 Å². The molecule has 0 unspecified atom stereocenters. The molecule has 0 radical (unpaired) electrons. The first-order valence-electron chi connectivity index (χ1n) is 15.0. The minimum Gasteiger partial charge on any atom is -0.456 e. The minimum atomic E-state index is -0.581. The summed E-state index contributed by atoms with van der Waals surface area (Å²) in [6.45, 7) is 8.81. The van der Waals surface area contributed by atoms with Crippen molar-refractivity contribution >= 4 is 17.8 Å². The third-order valence-corrected chi connectivity index (χ3v) is 12.2. The summed E-state index contributed by atoms with van der Waals surface area (Å²) < 4.78 is 6.05. The summed E-state index contributed by atoms with van der Waals surface area (Å²) in [5, 5.41) is 0. The highest BCUT2D eigenvalue weighted by Crippen LogP contribution is 2.68. The highest BCUT2D eigenvalue weighted by Gasteiger charge is 2.62. The normalized spacial score (nSPS) is 40.0. The van der Waals surface area contributed by atoms with Crippen molar-refractivity contribution in [2.75, 3.05) is 14.1 Å². The number of nitrogens with zero attached hydrogens (tertiary/aromatic N) is 2. The maximum atomic E-state index is 13.4. The van der Waals surface area contributed by atoms with Crippen LogP contribution in [0.1, 0.15) is 93.4 Å². The highest BCUT2D eigenvalue weighted by atomic mass is 16.5. The SMILES string of the molecule is CC(=O)O[C@H]1C(N2C(=O)c3ccccc3C2=O)=CC[C@]2(C)[C@H]3CC[C@]4(C)[C@@H]([C@H](C)N(C)C)CC[C@H]4[C@@H]3CC[C@@H]12. The van der Waals surface area contributed by atoms with E-state index in [2.05, 4.69) is 45.8 Å². The molecule has 9 atom stereocenters. The van der Waals surface area contributed by atoms with Crippen molar-refractivity contribution in [3.05, 3.63) is 47.2 Å². The van der Waals surface area contributed by atoms with E-state index in [0.29, 0.717) is 40.1 Å².